The third-order valence-corrected chi connectivity index (χ3v) is 6.89. The molecule has 5 nitrogen and oxygen atoms in total. The molecular formula is C22H23FN4OS. The van der Waals surface area contributed by atoms with E-state index in [1.54, 1.807) is 24.3 Å². The van der Waals surface area contributed by atoms with Crippen molar-refractivity contribution in [2.45, 2.75) is 4.75 Å². The maximum absolute atomic E-state index is 14.9. The number of carbonyl (C=O) groups excluding carboxylic acids is 1. The number of rotatable bonds is 4. The van der Waals surface area contributed by atoms with Crippen molar-refractivity contribution in [1.82, 2.24) is 10.2 Å². The van der Waals surface area contributed by atoms with E-state index in [9.17, 15) is 9.18 Å². The molecule has 29 heavy (non-hydrogen) atoms. The van der Waals surface area contributed by atoms with E-state index >= 15 is 0 Å². The number of carbonyl (C=O) groups is 1. The Kier molecular flexibility index (Phi) is 5.43. The van der Waals surface area contributed by atoms with E-state index in [-0.39, 0.29) is 17.6 Å². The van der Waals surface area contributed by atoms with Gasteiger partial charge in [-0.15, -0.1) is 6.58 Å². The van der Waals surface area contributed by atoms with Crippen LogP contribution in [0, 0.1) is 11.7 Å². The predicted molar refractivity (Wildman–Crippen MR) is 116 cm³/mol. The van der Waals surface area contributed by atoms with Crippen molar-refractivity contribution in [1.29, 1.82) is 0 Å². The van der Waals surface area contributed by atoms with E-state index in [2.05, 4.69) is 21.8 Å². The molecule has 2 heterocycles. The molecule has 1 fully saturated rings. The molecule has 0 radical (unpaired) electrons. The Labute approximate surface area is 173 Å². The summed E-state index contributed by atoms with van der Waals surface area (Å²) in [4.78, 5) is 19.4. The van der Waals surface area contributed by atoms with Crippen LogP contribution in [0.1, 0.15) is 15.9 Å². The molecule has 4 rings (SSSR count). The fourth-order valence-corrected chi connectivity index (χ4v) is 5.53. The van der Waals surface area contributed by atoms with Gasteiger partial charge in [0.25, 0.3) is 5.91 Å². The highest BCUT2D eigenvalue weighted by Crippen LogP contribution is 2.51. The molecule has 0 unspecified atom stereocenters. The molecule has 2 aromatic rings. The van der Waals surface area contributed by atoms with Gasteiger partial charge in [-0.1, -0.05) is 36.0 Å². The Balaban J connectivity index is 1.66. The van der Waals surface area contributed by atoms with Gasteiger partial charge in [0.2, 0.25) is 0 Å². The number of nitrogens with two attached hydrogens (primary N) is 1. The highest BCUT2D eigenvalue weighted by Gasteiger charge is 2.52. The molecule has 7 heteroatoms. The van der Waals surface area contributed by atoms with E-state index in [0.29, 0.717) is 41.6 Å². The summed E-state index contributed by atoms with van der Waals surface area (Å²) in [5, 5.41) is 3.42. The molecule has 0 aromatic heterocycles. The van der Waals surface area contributed by atoms with Crippen molar-refractivity contribution in [2.24, 2.45) is 10.9 Å². The third-order valence-electron chi connectivity index (χ3n) is 5.42. The number of nitrogens with one attached hydrogen (secondary N) is 1. The molecule has 0 saturated carbocycles. The standard InChI is InChI=1S/C22H23FN4OS/c1-2-10-27-13-16-12-25-21(26-20(28)15-6-4-3-5-7-15)29-22(16,14-27)18-11-17(24)8-9-19(18)23/h2-9,11,16H,1,10,12-14,24H2,(H,25,26,28)/t16-,22-/m0/s1. The molecule has 2 aromatic carbocycles. The van der Waals surface area contributed by atoms with Crippen LogP contribution in [-0.4, -0.2) is 42.2 Å². The average Bonchev–Trinajstić information content (AvgIpc) is 3.09. The monoisotopic (exact) mass is 410 g/mol. The summed E-state index contributed by atoms with van der Waals surface area (Å²) in [7, 11) is 0. The van der Waals surface area contributed by atoms with E-state index in [1.807, 2.05) is 24.3 Å². The van der Waals surface area contributed by atoms with Crippen molar-refractivity contribution in [3.63, 3.8) is 0 Å². The molecule has 2 aliphatic heterocycles. The molecule has 150 valence electrons. The van der Waals surface area contributed by atoms with Gasteiger partial charge in [0.15, 0.2) is 5.17 Å². The summed E-state index contributed by atoms with van der Waals surface area (Å²) in [6.45, 7) is 6.48. The van der Waals surface area contributed by atoms with Crippen LogP contribution in [0.3, 0.4) is 0 Å². The number of hydrogen-bond acceptors (Lipinski definition) is 5. The second-order valence-corrected chi connectivity index (χ2v) is 8.70. The summed E-state index contributed by atoms with van der Waals surface area (Å²) >= 11 is 1.42. The lowest BCUT2D eigenvalue weighted by molar-refractivity contribution is 0.0977. The van der Waals surface area contributed by atoms with Crippen LogP contribution in [-0.2, 0) is 4.75 Å². The Bertz CT molecular complexity index is 965. The topological polar surface area (TPSA) is 70.7 Å². The minimum Gasteiger partial charge on any atom is -0.399 e. The minimum absolute atomic E-state index is 0.112. The number of fused-ring (bicyclic) bond motifs is 1. The molecule has 2 aliphatic rings. The summed E-state index contributed by atoms with van der Waals surface area (Å²) in [5.41, 5.74) is 7.64. The number of aliphatic imine (C=N–C) groups is 1. The fourth-order valence-electron chi connectivity index (χ4n) is 4.08. The number of amidine groups is 1. The molecule has 2 atom stereocenters. The van der Waals surface area contributed by atoms with Crippen molar-refractivity contribution >= 4 is 28.5 Å². The number of nitrogens with zero attached hydrogens (tertiary/aromatic N) is 2. The van der Waals surface area contributed by atoms with Gasteiger partial charge in [-0.25, -0.2) is 4.39 Å². The summed E-state index contributed by atoms with van der Waals surface area (Å²) in [6.07, 6.45) is 1.85. The van der Waals surface area contributed by atoms with Gasteiger partial charge in [0.05, 0.1) is 4.75 Å². The third kappa shape index (κ3) is 3.80. The van der Waals surface area contributed by atoms with Crippen LogP contribution < -0.4 is 11.1 Å². The lowest BCUT2D eigenvalue weighted by Gasteiger charge is -2.37. The Morgan fingerprint density at radius 1 is 1.38 bits per heavy atom. The average molecular weight is 411 g/mol. The summed E-state index contributed by atoms with van der Waals surface area (Å²) in [6, 6.07) is 13.7. The number of halogens is 1. The van der Waals surface area contributed by atoms with Gasteiger partial charge >= 0.3 is 0 Å². The summed E-state index contributed by atoms with van der Waals surface area (Å²) in [5.74, 6) is -0.395. The zero-order valence-electron chi connectivity index (χ0n) is 16.0. The van der Waals surface area contributed by atoms with E-state index < -0.39 is 4.75 Å². The quantitative estimate of drug-likeness (QED) is 0.600. The largest absolute Gasteiger partial charge is 0.399 e. The normalized spacial score (nSPS) is 23.9. The fraction of sp³-hybridized carbons (Fsp3) is 0.273. The molecule has 0 spiro atoms. The van der Waals surface area contributed by atoms with Crippen LogP contribution in [0.15, 0.2) is 66.2 Å². The number of amides is 1. The number of nitrogen functional groups attached to an aromatic ring is 1. The second kappa shape index (κ2) is 8.00. The Hall–Kier alpha value is -2.64. The van der Waals surface area contributed by atoms with E-state index in [4.69, 9.17) is 5.73 Å². The number of hydrogen-bond donors (Lipinski definition) is 2. The van der Waals surface area contributed by atoms with Crippen molar-refractivity contribution in [2.75, 3.05) is 31.9 Å². The molecular weight excluding hydrogens is 387 g/mol. The summed E-state index contributed by atoms with van der Waals surface area (Å²) < 4.78 is 14.4. The maximum Gasteiger partial charge on any atom is 0.257 e. The van der Waals surface area contributed by atoms with Gasteiger partial charge < -0.3 is 11.1 Å². The number of anilines is 1. The molecule has 1 amide bonds. The van der Waals surface area contributed by atoms with E-state index in [1.165, 1.54) is 17.8 Å². The lowest BCUT2D eigenvalue weighted by Crippen LogP contribution is -2.43. The van der Waals surface area contributed by atoms with Gasteiger partial charge in [-0.2, -0.15) is 0 Å². The number of thioether (sulfide) groups is 1. The SMILES string of the molecule is C=CCN1C[C@@H]2CN=C(NC(=O)c3ccccc3)S[C@@]2(c2cc(N)ccc2F)C1. The minimum atomic E-state index is -0.566. The van der Waals surface area contributed by atoms with Crippen LogP contribution in [0.25, 0.3) is 0 Å². The number of likely N-dealkylation sites (tertiary alicyclic amines) is 1. The zero-order chi connectivity index (χ0) is 20.4. The molecule has 0 aliphatic carbocycles. The maximum atomic E-state index is 14.9. The molecule has 0 bridgehead atoms. The second-order valence-electron chi connectivity index (χ2n) is 7.38. The Morgan fingerprint density at radius 2 is 2.17 bits per heavy atom. The van der Waals surface area contributed by atoms with Gasteiger partial charge in [0, 0.05) is 48.9 Å². The van der Waals surface area contributed by atoms with E-state index in [0.717, 1.165) is 6.54 Å². The van der Waals surface area contributed by atoms with Crippen molar-refractivity contribution in [3.05, 3.63) is 78.1 Å². The number of benzene rings is 2. The predicted octanol–water partition coefficient (Wildman–Crippen LogP) is 3.25. The highest BCUT2D eigenvalue weighted by atomic mass is 32.2. The van der Waals surface area contributed by atoms with Gasteiger partial charge in [0.1, 0.15) is 5.82 Å². The van der Waals surface area contributed by atoms with Gasteiger partial charge in [-0.05, 0) is 30.3 Å². The van der Waals surface area contributed by atoms with Crippen LogP contribution >= 0.6 is 11.8 Å². The molecule has 1 saturated heterocycles. The van der Waals surface area contributed by atoms with Crippen LogP contribution in [0.5, 0.6) is 0 Å². The molecule has 3 N–H and O–H groups in total. The van der Waals surface area contributed by atoms with Crippen LogP contribution in [0.2, 0.25) is 0 Å². The first-order chi connectivity index (χ1) is 14.0. The van der Waals surface area contributed by atoms with Gasteiger partial charge in [-0.3, -0.25) is 14.7 Å². The first-order valence-corrected chi connectivity index (χ1v) is 10.3. The van der Waals surface area contributed by atoms with Crippen molar-refractivity contribution < 1.29 is 9.18 Å². The first-order valence-electron chi connectivity index (χ1n) is 9.50. The first kappa shape index (κ1) is 19.7. The Morgan fingerprint density at radius 3 is 2.93 bits per heavy atom. The van der Waals surface area contributed by atoms with Crippen LogP contribution in [0.4, 0.5) is 10.1 Å². The smallest absolute Gasteiger partial charge is 0.257 e. The highest BCUT2D eigenvalue weighted by molar-refractivity contribution is 8.14. The zero-order valence-corrected chi connectivity index (χ0v) is 16.8. The van der Waals surface area contributed by atoms with Crippen molar-refractivity contribution in [3.8, 4) is 0 Å². The lowest BCUT2D eigenvalue weighted by atomic mass is 9.87.